The summed E-state index contributed by atoms with van der Waals surface area (Å²) < 4.78 is 1.90. The minimum atomic E-state index is 0.269. The fraction of sp³-hybridized carbons (Fsp3) is 0.526. The summed E-state index contributed by atoms with van der Waals surface area (Å²) in [7, 11) is 1.96. The summed E-state index contributed by atoms with van der Waals surface area (Å²) in [6.45, 7) is 5.81. The molecule has 0 bridgehead atoms. The number of hydrogen-bond donors (Lipinski definition) is 0. The van der Waals surface area contributed by atoms with Crippen LogP contribution in [0.15, 0.2) is 24.5 Å². The van der Waals surface area contributed by atoms with E-state index in [1.807, 2.05) is 35.9 Å². The largest absolute Gasteiger partial charge is 0.343 e. The lowest BCUT2D eigenvalue weighted by molar-refractivity contribution is -0.132. The molecule has 0 radical (unpaired) electrons. The fourth-order valence-corrected chi connectivity index (χ4v) is 3.67. The highest BCUT2D eigenvalue weighted by Crippen LogP contribution is 2.28. The summed E-state index contributed by atoms with van der Waals surface area (Å²) >= 11 is 0. The van der Waals surface area contributed by atoms with Crippen LogP contribution in [-0.2, 0) is 18.3 Å². The second-order valence-electron chi connectivity index (χ2n) is 6.71. The van der Waals surface area contributed by atoms with Crippen molar-refractivity contribution in [1.82, 2.24) is 19.7 Å². The highest BCUT2D eigenvalue weighted by molar-refractivity contribution is 5.76. The number of likely N-dealkylation sites (tertiary alicyclic amines) is 1. The maximum Gasteiger partial charge on any atom is 0.222 e. The molecule has 0 aliphatic carbocycles. The van der Waals surface area contributed by atoms with Gasteiger partial charge in [0.25, 0.3) is 0 Å². The Morgan fingerprint density at radius 1 is 1.21 bits per heavy atom. The molecule has 128 valence electrons. The van der Waals surface area contributed by atoms with Gasteiger partial charge in [0.2, 0.25) is 5.91 Å². The molecule has 1 aliphatic heterocycles. The predicted octanol–water partition coefficient (Wildman–Crippen LogP) is 2.77. The second-order valence-corrected chi connectivity index (χ2v) is 6.71. The average Bonchev–Trinajstić information content (AvgIpc) is 2.86. The predicted molar refractivity (Wildman–Crippen MR) is 93.8 cm³/mol. The Morgan fingerprint density at radius 2 is 1.88 bits per heavy atom. The van der Waals surface area contributed by atoms with E-state index in [1.165, 1.54) is 11.1 Å². The molecule has 0 N–H and O–H groups in total. The minimum Gasteiger partial charge on any atom is -0.343 e. The zero-order chi connectivity index (χ0) is 17.1. The van der Waals surface area contributed by atoms with Crippen LogP contribution in [0, 0.1) is 13.8 Å². The molecule has 0 atom stereocenters. The van der Waals surface area contributed by atoms with E-state index in [-0.39, 0.29) is 5.91 Å². The van der Waals surface area contributed by atoms with Gasteiger partial charge in [-0.15, -0.1) is 0 Å². The molecule has 0 aromatic carbocycles. The lowest BCUT2D eigenvalue weighted by Crippen LogP contribution is -2.38. The van der Waals surface area contributed by atoms with Crippen molar-refractivity contribution in [1.29, 1.82) is 0 Å². The van der Waals surface area contributed by atoms with Crippen molar-refractivity contribution in [3.05, 3.63) is 47.0 Å². The van der Waals surface area contributed by atoms with E-state index in [2.05, 4.69) is 29.1 Å². The van der Waals surface area contributed by atoms with Crippen molar-refractivity contribution < 1.29 is 4.79 Å². The van der Waals surface area contributed by atoms with Crippen LogP contribution in [0.1, 0.15) is 47.7 Å². The van der Waals surface area contributed by atoms with Gasteiger partial charge >= 0.3 is 0 Å². The number of piperidine rings is 1. The molecule has 5 nitrogen and oxygen atoms in total. The third-order valence-electron chi connectivity index (χ3n) is 5.27. The highest BCUT2D eigenvalue weighted by Gasteiger charge is 2.24. The number of aryl methyl sites for hydroxylation is 2. The van der Waals surface area contributed by atoms with Crippen molar-refractivity contribution in [3.63, 3.8) is 0 Å². The molecule has 1 saturated heterocycles. The van der Waals surface area contributed by atoms with Gasteiger partial charge in [-0.25, -0.2) is 0 Å². The first-order chi connectivity index (χ1) is 11.6. The lowest BCUT2D eigenvalue weighted by Gasteiger charge is -2.32. The SMILES string of the molecule is Cc1nn(C)c(C)c1CCC(=O)N1CCC(c2ccncc2)CC1. The summed E-state index contributed by atoms with van der Waals surface area (Å²) in [5, 5.41) is 4.43. The maximum absolute atomic E-state index is 12.5. The Kier molecular flexibility index (Phi) is 4.97. The topological polar surface area (TPSA) is 51.0 Å². The number of pyridine rings is 1. The van der Waals surface area contributed by atoms with Gasteiger partial charge < -0.3 is 4.90 Å². The molecule has 1 aliphatic rings. The molecule has 0 unspecified atom stereocenters. The van der Waals surface area contributed by atoms with E-state index in [1.54, 1.807) is 0 Å². The van der Waals surface area contributed by atoms with Gasteiger partial charge in [0.1, 0.15) is 0 Å². The second kappa shape index (κ2) is 7.16. The third kappa shape index (κ3) is 3.50. The summed E-state index contributed by atoms with van der Waals surface area (Å²) in [6, 6.07) is 4.19. The lowest BCUT2D eigenvalue weighted by atomic mass is 9.90. The molecule has 2 aromatic rings. The Balaban J connectivity index is 1.52. The van der Waals surface area contributed by atoms with Crippen LogP contribution in [-0.4, -0.2) is 38.7 Å². The van der Waals surface area contributed by atoms with Crippen molar-refractivity contribution in [2.24, 2.45) is 7.05 Å². The quantitative estimate of drug-likeness (QED) is 0.868. The van der Waals surface area contributed by atoms with Gasteiger partial charge in [-0.2, -0.15) is 5.10 Å². The monoisotopic (exact) mass is 326 g/mol. The zero-order valence-electron chi connectivity index (χ0n) is 14.8. The van der Waals surface area contributed by atoms with Crippen molar-refractivity contribution in [2.45, 2.75) is 45.4 Å². The van der Waals surface area contributed by atoms with Crippen molar-refractivity contribution in [2.75, 3.05) is 13.1 Å². The number of aromatic nitrogens is 3. The van der Waals surface area contributed by atoms with Crippen LogP contribution >= 0.6 is 0 Å². The van der Waals surface area contributed by atoms with Gasteiger partial charge in [0.15, 0.2) is 0 Å². The summed E-state index contributed by atoms with van der Waals surface area (Å²) in [5.74, 6) is 0.825. The molecule has 3 rings (SSSR count). The van der Waals surface area contributed by atoms with Crippen molar-refractivity contribution >= 4 is 5.91 Å². The van der Waals surface area contributed by atoms with Crippen LogP contribution in [0.5, 0.6) is 0 Å². The first-order valence-corrected chi connectivity index (χ1v) is 8.73. The molecule has 2 aromatic heterocycles. The van der Waals surface area contributed by atoms with E-state index >= 15 is 0 Å². The van der Waals surface area contributed by atoms with Gasteiger partial charge in [-0.05, 0) is 62.3 Å². The van der Waals surface area contributed by atoms with E-state index in [0.29, 0.717) is 12.3 Å². The Hall–Kier alpha value is -2.17. The molecular formula is C19H26N4O. The average molecular weight is 326 g/mol. The summed E-state index contributed by atoms with van der Waals surface area (Å²) in [6.07, 6.45) is 7.15. The number of hydrogen-bond acceptors (Lipinski definition) is 3. The number of amides is 1. The van der Waals surface area contributed by atoms with Crippen LogP contribution in [0.4, 0.5) is 0 Å². The Morgan fingerprint density at radius 3 is 2.46 bits per heavy atom. The van der Waals surface area contributed by atoms with Crippen molar-refractivity contribution in [3.8, 4) is 0 Å². The molecule has 1 fully saturated rings. The van der Waals surface area contributed by atoms with Gasteiger partial charge in [-0.1, -0.05) is 0 Å². The molecule has 0 saturated carbocycles. The maximum atomic E-state index is 12.5. The van der Waals surface area contributed by atoms with Gasteiger partial charge in [0.05, 0.1) is 5.69 Å². The molecule has 5 heteroatoms. The molecule has 24 heavy (non-hydrogen) atoms. The van der Waals surface area contributed by atoms with Crippen LogP contribution in [0.2, 0.25) is 0 Å². The number of nitrogens with zero attached hydrogens (tertiary/aromatic N) is 4. The number of rotatable bonds is 4. The fourth-order valence-electron chi connectivity index (χ4n) is 3.67. The van der Waals surface area contributed by atoms with Crippen LogP contribution < -0.4 is 0 Å². The van der Waals surface area contributed by atoms with Gasteiger partial charge in [-0.3, -0.25) is 14.5 Å². The van der Waals surface area contributed by atoms with Crippen LogP contribution in [0.25, 0.3) is 0 Å². The van der Waals surface area contributed by atoms with E-state index in [4.69, 9.17) is 0 Å². The minimum absolute atomic E-state index is 0.269. The third-order valence-corrected chi connectivity index (χ3v) is 5.27. The Labute approximate surface area is 143 Å². The van der Waals surface area contributed by atoms with Crippen LogP contribution in [0.3, 0.4) is 0 Å². The zero-order valence-corrected chi connectivity index (χ0v) is 14.8. The summed E-state index contributed by atoms with van der Waals surface area (Å²) in [4.78, 5) is 18.6. The smallest absolute Gasteiger partial charge is 0.222 e. The van der Waals surface area contributed by atoms with Gasteiger partial charge in [0, 0.05) is 44.6 Å². The van der Waals surface area contributed by atoms with E-state index in [0.717, 1.165) is 43.7 Å². The first-order valence-electron chi connectivity index (χ1n) is 8.73. The first kappa shape index (κ1) is 16.7. The molecule has 1 amide bonds. The Bertz CT molecular complexity index is 700. The number of carbonyl (C=O) groups is 1. The standard InChI is InChI=1S/C19H26N4O/c1-14-18(15(2)22(3)21-14)4-5-19(24)23-12-8-17(9-13-23)16-6-10-20-11-7-16/h6-7,10-11,17H,4-5,8-9,12-13H2,1-3H3. The van der Waals surface area contributed by atoms with E-state index < -0.39 is 0 Å². The highest BCUT2D eigenvalue weighted by atomic mass is 16.2. The van der Waals surface area contributed by atoms with E-state index in [9.17, 15) is 4.79 Å². The number of carbonyl (C=O) groups excluding carboxylic acids is 1. The normalized spacial score (nSPS) is 15.7. The molecule has 3 heterocycles. The summed E-state index contributed by atoms with van der Waals surface area (Å²) in [5.41, 5.74) is 4.77. The molecular weight excluding hydrogens is 300 g/mol. The molecule has 0 spiro atoms.